The van der Waals surface area contributed by atoms with Crippen molar-refractivity contribution >= 4 is 28.5 Å². The number of alkyl halides is 3. The van der Waals surface area contributed by atoms with E-state index in [-0.39, 0.29) is 17.6 Å². The highest BCUT2D eigenvalue weighted by atomic mass is 32.2. The molecule has 0 saturated carbocycles. The van der Waals surface area contributed by atoms with Crippen LogP contribution >= 0.6 is 11.8 Å². The largest absolute Gasteiger partial charge is 0.431 e. The molecule has 3 aromatic rings. The van der Waals surface area contributed by atoms with Crippen molar-refractivity contribution in [2.45, 2.75) is 31.5 Å². The van der Waals surface area contributed by atoms with E-state index in [0.717, 1.165) is 16.7 Å². The van der Waals surface area contributed by atoms with Gasteiger partial charge in [0.15, 0.2) is 5.82 Å². The summed E-state index contributed by atoms with van der Waals surface area (Å²) in [5.41, 5.74) is 5.09. The molecule has 0 aliphatic rings. The third-order valence-corrected chi connectivity index (χ3v) is 5.04. The van der Waals surface area contributed by atoms with E-state index in [1.165, 1.54) is 29.4 Å². The number of halogens is 3. The first-order chi connectivity index (χ1) is 12.7. The number of rotatable bonds is 4. The number of anilines is 1. The van der Waals surface area contributed by atoms with Crippen LogP contribution in [0.1, 0.15) is 19.5 Å². The van der Waals surface area contributed by atoms with Crippen molar-refractivity contribution in [2.24, 2.45) is 7.05 Å². The molecule has 0 atom stereocenters. The molecule has 2 N–H and O–H groups in total. The molecular formula is C17H18F3N5OS. The molecule has 27 heavy (non-hydrogen) atoms. The van der Waals surface area contributed by atoms with Crippen LogP contribution in [0.2, 0.25) is 0 Å². The molecule has 0 unspecified atom stereocenters. The molecule has 3 heterocycles. The van der Waals surface area contributed by atoms with Gasteiger partial charge in [-0.3, -0.25) is 4.79 Å². The summed E-state index contributed by atoms with van der Waals surface area (Å²) in [5, 5.41) is 0. The Morgan fingerprint density at radius 3 is 2.56 bits per heavy atom. The van der Waals surface area contributed by atoms with E-state index in [4.69, 9.17) is 5.73 Å². The Bertz CT molecular complexity index is 1070. The minimum Gasteiger partial charge on any atom is -0.397 e. The van der Waals surface area contributed by atoms with Gasteiger partial charge in [0, 0.05) is 18.5 Å². The van der Waals surface area contributed by atoms with Crippen LogP contribution in [0.4, 0.5) is 18.9 Å². The van der Waals surface area contributed by atoms with E-state index < -0.39 is 17.4 Å². The normalized spacial score (nSPS) is 12.1. The molecule has 144 valence electrons. The maximum absolute atomic E-state index is 13.4. The number of hydrogen-bond acceptors (Lipinski definition) is 5. The van der Waals surface area contributed by atoms with E-state index in [2.05, 4.69) is 9.97 Å². The lowest BCUT2D eigenvalue weighted by atomic mass is 10.3. The number of aromatic nitrogens is 4. The maximum atomic E-state index is 13.4. The van der Waals surface area contributed by atoms with Crippen molar-refractivity contribution in [2.75, 3.05) is 11.5 Å². The fourth-order valence-corrected chi connectivity index (χ4v) is 3.78. The van der Waals surface area contributed by atoms with Gasteiger partial charge in [-0.2, -0.15) is 13.2 Å². The van der Waals surface area contributed by atoms with Gasteiger partial charge in [0.2, 0.25) is 0 Å². The second-order valence-corrected chi connectivity index (χ2v) is 7.16. The Labute approximate surface area is 157 Å². The van der Waals surface area contributed by atoms with Crippen molar-refractivity contribution in [1.82, 2.24) is 19.1 Å². The van der Waals surface area contributed by atoms with Gasteiger partial charge in [-0.25, -0.2) is 9.97 Å². The summed E-state index contributed by atoms with van der Waals surface area (Å²) in [6.07, 6.45) is -3.19. The zero-order valence-electron chi connectivity index (χ0n) is 15.0. The zero-order chi connectivity index (χ0) is 19.9. The highest BCUT2D eigenvalue weighted by molar-refractivity contribution is 7.99. The van der Waals surface area contributed by atoms with Crippen molar-refractivity contribution in [3.8, 4) is 11.5 Å². The maximum Gasteiger partial charge on any atom is 0.431 e. The van der Waals surface area contributed by atoms with Crippen molar-refractivity contribution in [3.63, 3.8) is 0 Å². The first kappa shape index (κ1) is 19.3. The highest BCUT2D eigenvalue weighted by Gasteiger charge is 2.35. The van der Waals surface area contributed by atoms with Crippen molar-refractivity contribution in [1.29, 1.82) is 0 Å². The molecule has 0 radical (unpaired) electrons. The highest BCUT2D eigenvalue weighted by Crippen LogP contribution is 2.34. The third kappa shape index (κ3) is 3.29. The second-order valence-electron chi connectivity index (χ2n) is 5.85. The average Bonchev–Trinajstić information content (AvgIpc) is 2.91. The average molecular weight is 397 g/mol. The Morgan fingerprint density at radius 1 is 1.26 bits per heavy atom. The van der Waals surface area contributed by atoms with E-state index in [9.17, 15) is 18.0 Å². The van der Waals surface area contributed by atoms with Crippen molar-refractivity contribution in [3.05, 3.63) is 34.4 Å². The van der Waals surface area contributed by atoms with Gasteiger partial charge < -0.3 is 14.9 Å². The fourth-order valence-electron chi connectivity index (χ4n) is 2.97. The van der Waals surface area contributed by atoms with E-state index in [0.29, 0.717) is 21.8 Å². The minimum atomic E-state index is -4.65. The van der Waals surface area contributed by atoms with Crippen LogP contribution in [-0.2, 0) is 19.8 Å². The van der Waals surface area contributed by atoms with Gasteiger partial charge in [0.1, 0.15) is 16.9 Å². The lowest BCUT2D eigenvalue weighted by molar-refractivity contribution is -0.144. The summed E-state index contributed by atoms with van der Waals surface area (Å²) < 4.78 is 42.3. The first-order valence-corrected chi connectivity index (χ1v) is 9.23. The summed E-state index contributed by atoms with van der Waals surface area (Å²) in [4.78, 5) is 22.1. The fraction of sp³-hybridized carbons (Fsp3) is 0.353. The van der Waals surface area contributed by atoms with Gasteiger partial charge in [-0.05, 0) is 24.8 Å². The predicted octanol–water partition coefficient (Wildman–Crippen LogP) is 3.53. The summed E-state index contributed by atoms with van der Waals surface area (Å²) in [5.74, 6) is 1.07. The molecule has 0 aliphatic heterocycles. The number of nitrogen functional groups attached to an aromatic ring is 1. The number of imidazole rings is 1. The number of pyridine rings is 2. The Balaban J connectivity index is 2.34. The van der Waals surface area contributed by atoms with Crippen LogP contribution in [0.25, 0.3) is 22.6 Å². The lowest BCUT2D eigenvalue weighted by Crippen LogP contribution is -2.28. The van der Waals surface area contributed by atoms with Crippen LogP contribution in [0.5, 0.6) is 0 Å². The number of aryl methyl sites for hydroxylation is 1. The lowest BCUT2D eigenvalue weighted by Gasteiger charge is -2.14. The number of nitrogens with two attached hydrogens (primary N) is 1. The Kier molecular flexibility index (Phi) is 4.94. The van der Waals surface area contributed by atoms with Gasteiger partial charge in [0.25, 0.3) is 5.56 Å². The van der Waals surface area contributed by atoms with E-state index in [1.54, 1.807) is 13.1 Å². The quantitative estimate of drug-likeness (QED) is 0.682. The molecule has 10 heteroatoms. The van der Waals surface area contributed by atoms with E-state index in [1.807, 2.05) is 6.92 Å². The van der Waals surface area contributed by atoms with Crippen LogP contribution in [0, 0.1) is 0 Å². The van der Waals surface area contributed by atoms with Crippen LogP contribution in [0.15, 0.2) is 28.0 Å². The van der Waals surface area contributed by atoms with Gasteiger partial charge in [0.05, 0.1) is 17.4 Å². The number of fused-ring (bicyclic) bond motifs is 1. The summed E-state index contributed by atoms with van der Waals surface area (Å²) in [7, 11) is 1.59. The van der Waals surface area contributed by atoms with E-state index >= 15 is 0 Å². The van der Waals surface area contributed by atoms with Crippen LogP contribution in [0.3, 0.4) is 0 Å². The third-order valence-electron chi connectivity index (χ3n) is 4.13. The molecule has 3 rings (SSSR count). The predicted molar refractivity (Wildman–Crippen MR) is 99.7 cm³/mol. The molecule has 0 amide bonds. The molecule has 0 aromatic carbocycles. The number of hydrogen-bond donors (Lipinski definition) is 1. The van der Waals surface area contributed by atoms with Gasteiger partial charge in [-0.15, -0.1) is 11.8 Å². The second kappa shape index (κ2) is 6.91. The topological polar surface area (TPSA) is 78.7 Å². The number of thioether (sulfide) groups is 1. The molecular weight excluding hydrogens is 379 g/mol. The smallest absolute Gasteiger partial charge is 0.397 e. The monoisotopic (exact) mass is 397 g/mol. The molecule has 0 bridgehead atoms. The first-order valence-electron chi connectivity index (χ1n) is 8.25. The summed E-state index contributed by atoms with van der Waals surface area (Å²) in [6.45, 7) is 3.36. The number of nitrogens with zero attached hydrogens (tertiary/aromatic N) is 4. The molecule has 0 fully saturated rings. The molecule has 3 aromatic heterocycles. The zero-order valence-corrected chi connectivity index (χ0v) is 15.8. The SMILES string of the molecule is CCSc1cc(N)cnc1-c1nc2cc(C(F)(F)F)n(CC)c(=O)c2n1C. The summed E-state index contributed by atoms with van der Waals surface area (Å²) in [6, 6.07) is 2.65. The Morgan fingerprint density at radius 2 is 1.96 bits per heavy atom. The molecule has 0 aliphatic carbocycles. The van der Waals surface area contributed by atoms with Crippen molar-refractivity contribution < 1.29 is 13.2 Å². The minimum absolute atomic E-state index is 0.0133. The van der Waals surface area contributed by atoms with Gasteiger partial charge >= 0.3 is 6.18 Å². The van der Waals surface area contributed by atoms with Crippen LogP contribution < -0.4 is 11.3 Å². The Hall–Kier alpha value is -2.49. The molecule has 0 spiro atoms. The van der Waals surface area contributed by atoms with Gasteiger partial charge in [-0.1, -0.05) is 6.92 Å². The summed E-state index contributed by atoms with van der Waals surface area (Å²) >= 11 is 1.49. The molecule has 6 nitrogen and oxygen atoms in total. The standard InChI is InChI=1S/C17H18F3N5OS/c1-4-25-12(17(18,19)20)7-10-14(16(25)26)24(3)15(23-10)13-11(27-5-2)6-9(21)8-22-13/h6-8H,4-5,21H2,1-3H3. The molecule has 0 saturated heterocycles. The van der Waals surface area contributed by atoms with Crippen LogP contribution in [-0.4, -0.2) is 24.9 Å².